The number of hydrogen-bond donors (Lipinski definition) is 0. The first kappa shape index (κ1) is 15.4. The highest BCUT2D eigenvalue weighted by molar-refractivity contribution is 9.10. The van der Waals surface area contributed by atoms with Gasteiger partial charge < -0.3 is 4.74 Å². The number of aromatic nitrogens is 3. The standard InChI is InChI=1S/C15H13BrN4O3/c1-8-14(16)9(2)19-7-11(18-15(19)17-8)10-4-5-13(23-3)12(6-10)20(21)22/h4-7H,1-3H3. The molecule has 0 saturated carbocycles. The topological polar surface area (TPSA) is 82.6 Å². The Morgan fingerprint density at radius 1 is 1.30 bits per heavy atom. The van der Waals surface area contributed by atoms with Gasteiger partial charge in [-0.2, -0.15) is 0 Å². The van der Waals surface area contributed by atoms with Gasteiger partial charge in [-0.3, -0.25) is 14.5 Å². The van der Waals surface area contributed by atoms with Gasteiger partial charge >= 0.3 is 5.69 Å². The molecule has 0 spiro atoms. The maximum absolute atomic E-state index is 11.2. The molecule has 3 aromatic rings. The van der Waals surface area contributed by atoms with Gasteiger partial charge in [-0.05, 0) is 41.9 Å². The van der Waals surface area contributed by atoms with Crippen molar-refractivity contribution < 1.29 is 9.66 Å². The lowest BCUT2D eigenvalue weighted by atomic mass is 10.1. The van der Waals surface area contributed by atoms with E-state index in [9.17, 15) is 10.1 Å². The van der Waals surface area contributed by atoms with Crippen LogP contribution in [-0.4, -0.2) is 26.4 Å². The number of nitrogens with zero attached hydrogens (tertiary/aromatic N) is 4. The highest BCUT2D eigenvalue weighted by Gasteiger charge is 2.18. The summed E-state index contributed by atoms with van der Waals surface area (Å²) in [6.45, 7) is 3.84. The molecule has 0 aliphatic heterocycles. The van der Waals surface area contributed by atoms with E-state index < -0.39 is 4.92 Å². The molecule has 0 bridgehead atoms. The minimum atomic E-state index is -0.470. The first-order valence-corrected chi connectivity index (χ1v) is 7.56. The molecule has 23 heavy (non-hydrogen) atoms. The number of imidazole rings is 1. The lowest BCUT2D eigenvalue weighted by Crippen LogP contribution is -1.97. The number of nitro benzene ring substituents is 1. The van der Waals surface area contributed by atoms with E-state index in [1.807, 2.05) is 24.4 Å². The van der Waals surface area contributed by atoms with Crippen LogP contribution in [0.3, 0.4) is 0 Å². The summed E-state index contributed by atoms with van der Waals surface area (Å²) in [5.74, 6) is 0.770. The van der Waals surface area contributed by atoms with Crippen LogP contribution in [0.4, 0.5) is 5.69 Å². The Balaban J connectivity index is 2.19. The van der Waals surface area contributed by atoms with Crippen LogP contribution in [0.1, 0.15) is 11.4 Å². The summed E-state index contributed by atoms with van der Waals surface area (Å²) in [6, 6.07) is 4.77. The molecule has 118 valence electrons. The smallest absolute Gasteiger partial charge is 0.311 e. The monoisotopic (exact) mass is 376 g/mol. The van der Waals surface area contributed by atoms with Gasteiger partial charge in [-0.15, -0.1) is 0 Å². The highest BCUT2D eigenvalue weighted by atomic mass is 79.9. The number of aryl methyl sites for hydroxylation is 2. The van der Waals surface area contributed by atoms with Crippen molar-refractivity contribution in [2.45, 2.75) is 13.8 Å². The van der Waals surface area contributed by atoms with Crippen LogP contribution < -0.4 is 4.74 Å². The first-order chi connectivity index (χ1) is 10.9. The third-order valence-corrected chi connectivity index (χ3v) is 4.77. The second kappa shape index (κ2) is 5.62. The van der Waals surface area contributed by atoms with Crippen LogP contribution in [0.15, 0.2) is 28.9 Å². The normalized spacial score (nSPS) is 11.0. The Morgan fingerprint density at radius 3 is 2.70 bits per heavy atom. The van der Waals surface area contributed by atoms with Gasteiger partial charge in [0.1, 0.15) is 0 Å². The van der Waals surface area contributed by atoms with Crippen LogP contribution in [0.25, 0.3) is 17.0 Å². The molecular weight excluding hydrogens is 364 g/mol. The van der Waals surface area contributed by atoms with Crippen molar-refractivity contribution >= 4 is 27.4 Å². The molecule has 0 aliphatic carbocycles. The molecule has 0 aliphatic rings. The van der Waals surface area contributed by atoms with Crippen molar-refractivity contribution in [2.24, 2.45) is 0 Å². The molecule has 2 aromatic heterocycles. The average Bonchev–Trinajstić information content (AvgIpc) is 2.96. The Labute approximate surface area is 140 Å². The van der Waals surface area contributed by atoms with Crippen molar-refractivity contribution in [1.82, 2.24) is 14.4 Å². The van der Waals surface area contributed by atoms with Gasteiger partial charge in [0.15, 0.2) is 5.75 Å². The molecule has 0 N–H and O–H groups in total. The molecule has 3 rings (SSSR count). The predicted octanol–water partition coefficient (Wildman–Crippen LogP) is 3.69. The second-order valence-electron chi connectivity index (χ2n) is 5.04. The van der Waals surface area contributed by atoms with Crippen molar-refractivity contribution in [3.8, 4) is 17.0 Å². The minimum Gasteiger partial charge on any atom is -0.490 e. The molecule has 0 atom stereocenters. The molecule has 2 heterocycles. The summed E-state index contributed by atoms with van der Waals surface area (Å²) in [5, 5.41) is 11.2. The minimum absolute atomic E-state index is 0.0934. The van der Waals surface area contributed by atoms with Crippen molar-refractivity contribution in [3.63, 3.8) is 0 Å². The average molecular weight is 377 g/mol. The molecule has 0 amide bonds. The molecular formula is C15H13BrN4O3. The third-order valence-electron chi connectivity index (χ3n) is 3.62. The lowest BCUT2D eigenvalue weighted by Gasteiger charge is -2.04. The summed E-state index contributed by atoms with van der Waals surface area (Å²) >= 11 is 3.50. The predicted molar refractivity (Wildman–Crippen MR) is 88.8 cm³/mol. The number of nitro groups is 1. The Hall–Kier alpha value is -2.48. The Bertz CT molecular complexity index is 936. The van der Waals surface area contributed by atoms with E-state index in [4.69, 9.17) is 4.74 Å². The second-order valence-corrected chi connectivity index (χ2v) is 5.83. The molecule has 1 aromatic carbocycles. The molecule has 0 fully saturated rings. The Morgan fingerprint density at radius 2 is 2.04 bits per heavy atom. The Kier molecular flexibility index (Phi) is 3.77. The maximum atomic E-state index is 11.2. The van der Waals surface area contributed by atoms with E-state index in [-0.39, 0.29) is 11.4 Å². The van der Waals surface area contributed by atoms with E-state index in [2.05, 4.69) is 25.9 Å². The van der Waals surface area contributed by atoms with E-state index in [1.165, 1.54) is 13.2 Å². The summed E-state index contributed by atoms with van der Waals surface area (Å²) in [7, 11) is 1.40. The number of hydrogen-bond acceptors (Lipinski definition) is 5. The SMILES string of the molecule is COc1ccc(-c2cn3c(C)c(Br)c(C)nc3n2)cc1[N+](=O)[O-]. The van der Waals surface area contributed by atoms with Crippen molar-refractivity contribution in [3.05, 3.63) is 50.4 Å². The molecule has 0 radical (unpaired) electrons. The molecule has 0 unspecified atom stereocenters. The van der Waals surface area contributed by atoms with E-state index in [0.29, 0.717) is 17.0 Å². The van der Waals surface area contributed by atoms with Crippen LogP contribution in [0.5, 0.6) is 5.75 Å². The summed E-state index contributed by atoms with van der Waals surface area (Å²) < 4.78 is 7.78. The van der Waals surface area contributed by atoms with E-state index in [1.54, 1.807) is 12.1 Å². The quantitative estimate of drug-likeness (QED) is 0.514. The van der Waals surface area contributed by atoms with Crippen LogP contribution in [-0.2, 0) is 0 Å². The van der Waals surface area contributed by atoms with E-state index >= 15 is 0 Å². The van der Waals surface area contributed by atoms with Crippen molar-refractivity contribution in [1.29, 1.82) is 0 Å². The lowest BCUT2D eigenvalue weighted by molar-refractivity contribution is -0.385. The fourth-order valence-corrected chi connectivity index (χ4v) is 2.67. The van der Waals surface area contributed by atoms with Gasteiger partial charge in [-0.25, -0.2) is 9.97 Å². The summed E-state index contributed by atoms with van der Waals surface area (Å²) in [5.41, 5.74) is 2.96. The van der Waals surface area contributed by atoms with Crippen LogP contribution in [0.2, 0.25) is 0 Å². The maximum Gasteiger partial charge on any atom is 0.311 e. The summed E-state index contributed by atoms with van der Waals surface area (Å²) in [4.78, 5) is 19.6. The van der Waals surface area contributed by atoms with Crippen LogP contribution >= 0.6 is 15.9 Å². The largest absolute Gasteiger partial charge is 0.490 e. The number of benzene rings is 1. The molecule has 8 heteroatoms. The number of fused-ring (bicyclic) bond motifs is 1. The van der Waals surface area contributed by atoms with Gasteiger partial charge in [-0.1, -0.05) is 0 Å². The zero-order chi connectivity index (χ0) is 16.7. The van der Waals surface area contributed by atoms with Gasteiger partial charge in [0.25, 0.3) is 0 Å². The zero-order valence-electron chi connectivity index (χ0n) is 12.7. The van der Waals surface area contributed by atoms with Gasteiger partial charge in [0.2, 0.25) is 5.78 Å². The fourth-order valence-electron chi connectivity index (χ4n) is 2.39. The van der Waals surface area contributed by atoms with Crippen LogP contribution in [0, 0.1) is 24.0 Å². The number of halogens is 1. The fraction of sp³-hybridized carbons (Fsp3) is 0.200. The highest BCUT2D eigenvalue weighted by Crippen LogP contribution is 2.32. The number of methoxy groups -OCH3 is 1. The van der Waals surface area contributed by atoms with Gasteiger partial charge in [0, 0.05) is 23.5 Å². The zero-order valence-corrected chi connectivity index (χ0v) is 14.3. The summed E-state index contributed by atoms with van der Waals surface area (Å²) in [6.07, 6.45) is 1.81. The van der Waals surface area contributed by atoms with Crippen molar-refractivity contribution in [2.75, 3.05) is 7.11 Å². The number of rotatable bonds is 3. The molecule has 7 nitrogen and oxygen atoms in total. The third kappa shape index (κ3) is 2.55. The first-order valence-electron chi connectivity index (χ1n) is 6.77. The van der Waals surface area contributed by atoms with Gasteiger partial charge in [0.05, 0.1) is 27.9 Å². The van der Waals surface area contributed by atoms with E-state index in [0.717, 1.165) is 15.9 Å². The molecule has 0 saturated heterocycles. The number of ether oxygens (including phenoxy) is 1.